The molecule has 3 heteroatoms. The number of rotatable bonds is 0. The van der Waals surface area contributed by atoms with Gasteiger partial charge in [-0.1, -0.05) is 11.6 Å². The smallest absolute Gasteiger partial charge is 0.184 e. The Morgan fingerprint density at radius 2 is 2.29 bits per heavy atom. The van der Waals surface area contributed by atoms with Crippen LogP contribution in [-0.4, -0.2) is 30.2 Å². The first-order valence-electron chi connectivity index (χ1n) is 5.36. The summed E-state index contributed by atoms with van der Waals surface area (Å²) in [5.41, 5.74) is 1.40. The van der Waals surface area contributed by atoms with Crippen LogP contribution in [0.1, 0.15) is 19.8 Å². The van der Waals surface area contributed by atoms with Crippen LogP contribution in [0.3, 0.4) is 0 Å². The maximum Gasteiger partial charge on any atom is 0.184 e. The summed E-state index contributed by atoms with van der Waals surface area (Å²) in [6.07, 6.45) is 3.75. The predicted molar refractivity (Wildman–Crippen MR) is 50.6 cm³/mol. The first kappa shape index (κ1) is 8.89. The quantitative estimate of drug-likeness (QED) is 0.589. The minimum Gasteiger partial charge on any atom is -0.388 e. The van der Waals surface area contributed by atoms with E-state index in [0.29, 0.717) is 18.4 Å². The Hall–Kier alpha value is -0.380. The van der Waals surface area contributed by atoms with Crippen LogP contribution >= 0.6 is 0 Å². The first-order valence-corrected chi connectivity index (χ1v) is 5.36. The standard InChI is InChI=1S/C11H16O3/c1-6-2-3-7-8(4-6)10(12)11-13-5-9(7)14-11/h2,7-12H,3-5H2,1H3/t7-,8+,9-,10-,11-/m1/s1. The van der Waals surface area contributed by atoms with E-state index in [4.69, 9.17) is 9.47 Å². The molecule has 78 valence electrons. The summed E-state index contributed by atoms with van der Waals surface area (Å²) in [7, 11) is 0. The van der Waals surface area contributed by atoms with E-state index in [1.54, 1.807) is 0 Å². The van der Waals surface area contributed by atoms with Gasteiger partial charge in [-0.3, -0.25) is 0 Å². The summed E-state index contributed by atoms with van der Waals surface area (Å²) >= 11 is 0. The minimum absolute atomic E-state index is 0.220. The summed E-state index contributed by atoms with van der Waals surface area (Å²) in [6, 6.07) is 0. The van der Waals surface area contributed by atoms with E-state index >= 15 is 0 Å². The molecule has 2 bridgehead atoms. The van der Waals surface area contributed by atoms with E-state index in [1.807, 2.05) is 0 Å². The van der Waals surface area contributed by atoms with Gasteiger partial charge in [0, 0.05) is 0 Å². The Labute approximate surface area is 83.7 Å². The van der Waals surface area contributed by atoms with Crippen LogP contribution in [-0.2, 0) is 9.47 Å². The Morgan fingerprint density at radius 1 is 1.43 bits per heavy atom. The van der Waals surface area contributed by atoms with Gasteiger partial charge in [-0.05, 0) is 31.6 Å². The molecule has 3 rings (SSSR count). The van der Waals surface area contributed by atoms with E-state index in [2.05, 4.69) is 13.0 Å². The monoisotopic (exact) mass is 196 g/mol. The second-order valence-corrected chi connectivity index (χ2v) is 4.68. The lowest BCUT2D eigenvalue weighted by molar-refractivity contribution is -0.194. The Balaban J connectivity index is 1.89. The number of hydrogen-bond donors (Lipinski definition) is 1. The van der Waals surface area contributed by atoms with Gasteiger partial charge >= 0.3 is 0 Å². The van der Waals surface area contributed by atoms with Crippen molar-refractivity contribution in [3.63, 3.8) is 0 Å². The van der Waals surface area contributed by atoms with E-state index < -0.39 is 6.10 Å². The highest BCUT2D eigenvalue weighted by molar-refractivity contribution is 5.10. The third-order valence-corrected chi connectivity index (χ3v) is 3.77. The number of allylic oxidation sites excluding steroid dienone is 2. The van der Waals surface area contributed by atoms with Crippen molar-refractivity contribution in [1.82, 2.24) is 0 Å². The van der Waals surface area contributed by atoms with Crippen molar-refractivity contribution in [2.24, 2.45) is 11.8 Å². The van der Waals surface area contributed by atoms with Gasteiger partial charge in [0.05, 0.1) is 12.7 Å². The molecule has 0 unspecified atom stereocenters. The van der Waals surface area contributed by atoms with Gasteiger partial charge in [-0.2, -0.15) is 0 Å². The molecule has 0 amide bonds. The van der Waals surface area contributed by atoms with Gasteiger partial charge in [0.2, 0.25) is 0 Å². The minimum atomic E-state index is -0.428. The molecule has 0 saturated carbocycles. The zero-order valence-electron chi connectivity index (χ0n) is 8.35. The van der Waals surface area contributed by atoms with Gasteiger partial charge in [-0.15, -0.1) is 0 Å². The third-order valence-electron chi connectivity index (χ3n) is 3.77. The van der Waals surface area contributed by atoms with Crippen LogP contribution in [0.15, 0.2) is 11.6 Å². The fourth-order valence-corrected chi connectivity index (χ4v) is 2.97. The average molecular weight is 196 g/mol. The zero-order valence-corrected chi connectivity index (χ0v) is 8.35. The maximum absolute atomic E-state index is 10.0. The molecule has 5 atom stereocenters. The lowest BCUT2D eigenvalue weighted by Crippen LogP contribution is -2.47. The number of aliphatic hydroxyl groups is 1. The van der Waals surface area contributed by atoms with Crippen molar-refractivity contribution in [2.45, 2.75) is 38.3 Å². The topological polar surface area (TPSA) is 38.7 Å². The Bertz CT molecular complexity index is 274. The highest BCUT2D eigenvalue weighted by atomic mass is 16.7. The number of ether oxygens (including phenoxy) is 2. The van der Waals surface area contributed by atoms with Crippen LogP contribution in [0.4, 0.5) is 0 Å². The molecule has 0 spiro atoms. The van der Waals surface area contributed by atoms with Gasteiger partial charge in [0.15, 0.2) is 6.29 Å². The molecule has 3 aliphatic rings. The Morgan fingerprint density at radius 3 is 3.14 bits per heavy atom. The fourth-order valence-electron chi connectivity index (χ4n) is 2.97. The Kier molecular flexibility index (Phi) is 1.94. The second kappa shape index (κ2) is 3.05. The highest BCUT2D eigenvalue weighted by Gasteiger charge is 2.49. The van der Waals surface area contributed by atoms with Gasteiger partial charge in [-0.25, -0.2) is 0 Å². The zero-order chi connectivity index (χ0) is 9.71. The molecule has 2 aliphatic heterocycles. The molecule has 2 fully saturated rings. The van der Waals surface area contributed by atoms with E-state index in [1.165, 1.54) is 5.57 Å². The van der Waals surface area contributed by atoms with Gasteiger partial charge in [0.1, 0.15) is 6.10 Å². The van der Waals surface area contributed by atoms with Crippen LogP contribution < -0.4 is 0 Å². The van der Waals surface area contributed by atoms with Crippen molar-refractivity contribution >= 4 is 0 Å². The molecule has 2 saturated heterocycles. The molecule has 2 heterocycles. The number of hydrogen-bond acceptors (Lipinski definition) is 3. The second-order valence-electron chi connectivity index (χ2n) is 4.68. The molecule has 0 aromatic rings. The van der Waals surface area contributed by atoms with E-state index in [-0.39, 0.29) is 12.4 Å². The van der Waals surface area contributed by atoms with Crippen molar-refractivity contribution < 1.29 is 14.6 Å². The summed E-state index contributed by atoms with van der Waals surface area (Å²) in [4.78, 5) is 0. The van der Waals surface area contributed by atoms with E-state index in [9.17, 15) is 5.11 Å². The largest absolute Gasteiger partial charge is 0.388 e. The lowest BCUT2D eigenvalue weighted by Gasteiger charge is -2.41. The average Bonchev–Trinajstić information content (AvgIpc) is 2.61. The van der Waals surface area contributed by atoms with Crippen LogP contribution in [0.5, 0.6) is 0 Å². The van der Waals surface area contributed by atoms with Crippen molar-refractivity contribution in [3.8, 4) is 0 Å². The van der Waals surface area contributed by atoms with Crippen LogP contribution in [0.2, 0.25) is 0 Å². The highest BCUT2D eigenvalue weighted by Crippen LogP contribution is 2.43. The van der Waals surface area contributed by atoms with Crippen molar-refractivity contribution in [2.75, 3.05) is 6.61 Å². The molecular formula is C11H16O3. The summed E-state index contributed by atoms with van der Waals surface area (Å²) in [6.45, 7) is 2.80. The molecule has 3 nitrogen and oxygen atoms in total. The SMILES string of the molecule is CC1=CC[C@@H]2[C@H](C1)[C@@H](O)[C@@H]1OC[C@H]2O1. The molecule has 0 aromatic carbocycles. The summed E-state index contributed by atoms with van der Waals surface area (Å²) in [5, 5.41) is 10.0. The van der Waals surface area contributed by atoms with Crippen LogP contribution in [0, 0.1) is 11.8 Å². The molecule has 0 radical (unpaired) electrons. The van der Waals surface area contributed by atoms with Crippen molar-refractivity contribution in [1.29, 1.82) is 0 Å². The normalized spacial score (nSPS) is 51.3. The number of fused-ring (bicyclic) bond motifs is 4. The summed E-state index contributed by atoms with van der Waals surface area (Å²) < 4.78 is 11.0. The van der Waals surface area contributed by atoms with Crippen LogP contribution in [0.25, 0.3) is 0 Å². The predicted octanol–water partition coefficient (Wildman–Crippen LogP) is 1.07. The fraction of sp³-hybridized carbons (Fsp3) is 0.818. The third kappa shape index (κ3) is 1.16. The van der Waals surface area contributed by atoms with Crippen molar-refractivity contribution in [3.05, 3.63) is 11.6 Å². The molecular weight excluding hydrogens is 180 g/mol. The van der Waals surface area contributed by atoms with Gasteiger partial charge < -0.3 is 14.6 Å². The number of aliphatic hydroxyl groups excluding tert-OH is 1. The molecule has 0 aromatic heterocycles. The summed E-state index contributed by atoms with van der Waals surface area (Å²) in [5.74, 6) is 0.818. The lowest BCUT2D eigenvalue weighted by atomic mass is 9.73. The van der Waals surface area contributed by atoms with Gasteiger partial charge in [0.25, 0.3) is 0 Å². The molecule has 14 heavy (non-hydrogen) atoms. The maximum atomic E-state index is 10.0. The van der Waals surface area contributed by atoms with E-state index in [0.717, 1.165) is 12.8 Å². The molecule has 1 aliphatic carbocycles. The first-order chi connectivity index (χ1) is 6.75. The molecule has 1 N–H and O–H groups in total.